The molecular formula is C15H18N4O. The standard InChI is InChI=1S/C15H18N4O/c1-19(2)13-5-3-4-12(8-13)18-15(20)14-7-6-11(9-16)10-17-14/h3-8,10H,9,16H2,1-2H3,(H,18,20). The number of hydrogen-bond donors (Lipinski definition) is 2. The number of amides is 1. The van der Waals surface area contributed by atoms with Gasteiger partial charge in [-0.25, -0.2) is 0 Å². The topological polar surface area (TPSA) is 71.2 Å². The van der Waals surface area contributed by atoms with Crippen LogP contribution in [0.3, 0.4) is 0 Å². The summed E-state index contributed by atoms with van der Waals surface area (Å²) < 4.78 is 0. The summed E-state index contributed by atoms with van der Waals surface area (Å²) in [5.41, 5.74) is 8.54. The van der Waals surface area contributed by atoms with Crippen LogP contribution in [0.4, 0.5) is 11.4 Å². The predicted molar refractivity (Wildman–Crippen MR) is 80.9 cm³/mol. The molecule has 5 heteroatoms. The Bertz CT molecular complexity index is 593. The van der Waals surface area contributed by atoms with E-state index in [0.717, 1.165) is 16.9 Å². The lowest BCUT2D eigenvalue weighted by molar-refractivity contribution is 0.102. The number of nitrogens with two attached hydrogens (primary N) is 1. The molecular weight excluding hydrogens is 252 g/mol. The average molecular weight is 270 g/mol. The fraction of sp³-hybridized carbons (Fsp3) is 0.200. The highest BCUT2D eigenvalue weighted by Crippen LogP contribution is 2.17. The fourth-order valence-corrected chi connectivity index (χ4v) is 1.74. The Morgan fingerprint density at radius 3 is 2.70 bits per heavy atom. The first-order valence-corrected chi connectivity index (χ1v) is 6.34. The van der Waals surface area contributed by atoms with Gasteiger partial charge in [0, 0.05) is 38.2 Å². The number of benzene rings is 1. The summed E-state index contributed by atoms with van der Waals surface area (Å²) in [6.45, 7) is 0.416. The van der Waals surface area contributed by atoms with E-state index in [1.54, 1.807) is 18.3 Å². The molecule has 3 N–H and O–H groups in total. The summed E-state index contributed by atoms with van der Waals surface area (Å²) in [5, 5.41) is 2.83. The van der Waals surface area contributed by atoms with E-state index >= 15 is 0 Å². The molecule has 0 fully saturated rings. The molecule has 0 spiro atoms. The van der Waals surface area contributed by atoms with Crippen LogP contribution in [0, 0.1) is 0 Å². The quantitative estimate of drug-likeness (QED) is 0.889. The third-order valence-corrected chi connectivity index (χ3v) is 2.91. The van der Waals surface area contributed by atoms with Crippen LogP contribution in [0.5, 0.6) is 0 Å². The maximum Gasteiger partial charge on any atom is 0.274 e. The van der Waals surface area contributed by atoms with Gasteiger partial charge in [-0.15, -0.1) is 0 Å². The summed E-state index contributed by atoms with van der Waals surface area (Å²) >= 11 is 0. The van der Waals surface area contributed by atoms with Gasteiger partial charge in [-0.05, 0) is 29.8 Å². The molecule has 20 heavy (non-hydrogen) atoms. The van der Waals surface area contributed by atoms with E-state index in [1.165, 1.54) is 0 Å². The van der Waals surface area contributed by atoms with Gasteiger partial charge in [-0.2, -0.15) is 0 Å². The van der Waals surface area contributed by atoms with Crippen molar-refractivity contribution in [2.75, 3.05) is 24.3 Å². The lowest BCUT2D eigenvalue weighted by atomic mass is 10.2. The average Bonchev–Trinajstić information content (AvgIpc) is 2.47. The van der Waals surface area contributed by atoms with Crippen molar-refractivity contribution < 1.29 is 4.79 Å². The van der Waals surface area contributed by atoms with Gasteiger partial charge in [-0.3, -0.25) is 9.78 Å². The smallest absolute Gasteiger partial charge is 0.274 e. The number of hydrogen-bond acceptors (Lipinski definition) is 4. The van der Waals surface area contributed by atoms with Crippen LogP contribution < -0.4 is 16.0 Å². The Kier molecular flexibility index (Phi) is 4.32. The molecule has 0 aliphatic heterocycles. The van der Waals surface area contributed by atoms with Gasteiger partial charge >= 0.3 is 0 Å². The van der Waals surface area contributed by atoms with Gasteiger partial charge in [0.2, 0.25) is 0 Å². The second-order valence-electron chi connectivity index (χ2n) is 4.65. The lowest BCUT2D eigenvalue weighted by Gasteiger charge is -2.13. The maximum absolute atomic E-state index is 12.1. The minimum atomic E-state index is -0.232. The Morgan fingerprint density at radius 2 is 2.10 bits per heavy atom. The minimum Gasteiger partial charge on any atom is -0.378 e. The van der Waals surface area contributed by atoms with Crippen molar-refractivity contribution in [2.45, 2.75) is 6.54 Å². The molecule has 1 heterocycles. The Hall–Kier alpha value is -2.40. The minimum absolute atomic E-state index is 0.232. The molecule has 2 rings (SSSR count). The van der Waals surface area contributed by atoms with Crippen molar-refractivity contribution in [2.24, 2.45) is 5.73 Å². The van der Waals surface area contributed by atoms with Crippen molar-refractivity contribution in [3.8, 4) is 0 Å². The fourth-order valence-electron chi connectivity index (χ4n) is 1.74. The first-order chi connectivity index (χ1) is 9.60. The number of aromatic nitrogens is 1. The van der Waals surface area contributed by atoms with E-state index in [2.05, 4.69) is 10.3 Å². The molecule has 0 saturated heterocycles. The second kappa shape index (κ2) is 6.16. The molecule has 0 unspecified atom stereocenters. The summed E-state index contributed by atoms with van der Waals surface area (Å²) in [6, 6.07) is 11.1. The SMILES string of the molecule is CN(C)c1cccc(NC(=O)c2ccc(CN)cn2)c1. The second-order valence-corrected chi connectivity index (χ2v) is 4.65. The first-order valence-electron chi connectivity index (χ1n) is 6.34. The van der Waals surface area contributed by atoms with Crippen molar-refractivity contribution in [1.29, 1.82) is 0 Å². The van der Waals surface area contributed by atoms with Crippen LogP contribution in [0.15, 0.2) is 42.6 Å². The zero-order chi connectivity index (χ0) is 14.5. The van der Waals surface area contributed by atoms with Gasteiger partial charge in [0.05, 0.1) is 0 Å². The van der Waals surface area contributed by atoms with Crippen LogP contribution in [0.1, 0.15) is 16.1 Å². The zero-order valence-electron chi connectivity index (χ0n) is 11.6. The van der Waals surface area contributed by atoms with Crippen molar-refractivity contribution in [3.05, 3.63) is 53.9 Å². The monoisotopic (exact) mass is 270 g/mol. The van der Waals surface area contributed by atoms with Crippen LogP contribution in [0.25, 0.3) is 0 Å². The number of carbonyl (C=O) groups is 1. The summed E-state index contributed by atoms with van der Waals surface area (Å²) in [5.74, 6) is -0.232. The zero-order valence-corrected chi connectivity index (χ0v) is 11.6. The summed E-state index contributed by atoms with van der Waals surface area (Å²) in [7, 11) is 3.90. The van der Waals surface area contributed by atoms with Gasteiger partial charge in [0.1, 0.15) is 5.69 Å². The van der Waals surface area contributed by atoms with Crippen molar-refractivity contribution in [3.63, 3.8) is 0 Å². The van der Waals surface area contributed by atoms with E-state index in [9.17, 15) is 4.79 Å². The molecule has 0 atom stereocenters. The third kappa shape index (κ3) is 3.33. The molecule has 104 valence electrons. The Balaban J connectivity index is 2.12. The summed E-state index contributed by atoms with van der Waals surface area (Å²) in [4.78, 5) is 18.2. The molecule has 5 nitrogen and oxygen atoms in total. The van der Waals surface area contributed by atoms with Gasteiger partial charge in [0.15, 0.2) is 0 Å². The van der Waals surface area contributed by atoms with E-state index in [1.807, 2.05) is 43.3 Å². The van der Waals surface area contributed by atoms with Crippen molar-refractivity contribution >= 4 is 17.3 Å². The van der Waals surface area contributed by atoms with Crippen LogP contribution in [-0.2, 0) is 6.54 Å². The Labute approximate surface area is 118 Å². The van der Waals surface area contributed by atoms with Gasteiger partial charge in [0.25, 0.3) is 5.91 Å². The molecule has 0 bridgehead atoms. The molecule has 0 aliphatic rings. The van der Waals surface area contributed by atoms with E-state index < -0.39 is 0 Å². The third-order valence-electron chi connectivity index (χ3n) is 2.91. The van der Waals surface area contributed by atoms with Gasteiger partial charge < -0.3 is 16.0 Å². The highest BCUT2D eigenvalue weighted by molar-refractivity contribution is 6.03. The molecule has 1 aromatic heterocycles. The Morgan fingerprint density at radius 1 is 1.30 bits per heavy atom. The highest BCUT2D eigenvalue weighted by atomic mass is 16.1. The first kappa shape index (κ1) is 14.0. The largest absolute Gasteiger partial charge is 0.378 e. The van der Waals surface area contributed by atoms with Crippen LogP contribution in [-0.4, -0.2) is 25.0 Å². The lowest BCUT2D eigenvalue weighted by Crippen LogP contribution is -2.15. The highest BCUT2D eigenvalue weighted by Gasteiger charge is 2.08. The van der Waals surface area contributed by atoms with Crippen LogP contribution >= 0.6 is 0 Å². The predicted octanol–water partition coefficient (Wildman–Crippen LogP) is 1.86. The number of carbonyl (C=O) groups excluding carboxylic acids is 1. The van der Waals surface area contributed by atoms with Gasteiger partial charge in [-0.1, -0.05) is 12.1 Å². The summed E-state index contributed by atoms with van der Waals surface area (Å²) in [6.07, 6.45) is 1.62. The normalized spacial score (nSPS) is 10.2. The molecule has 2 aromatic rings. The van der Waals surface area contributed by atoms with Crippen molar-refractivity contribution in [1.82, 2.24) is 4.98 Å². The molecule has 1 amide bonds. The maximum atomic E-state index is 12.1. The molecule has 1 aromatic carbocycles. The van der Waals surface area contributed by atoms with E-state index in [-0.39, 0.29) is 5.91 Å². The molecule has 0 aliphatic carbocycles. The molecule has 0 saturated carbocycles. The van der Waals surface area contributed by atoms with Crippen LogP contribution in [0.2, 0.25) is 0 Å². The van der Waals surface area contributed by atoms with E-state index in [4.69, 9.17) is 5.73 Å². The number of anilines is 2. The van der Waals surface area contributed by atoms with E-state index in [0.29, 0.717) is 12.2 Å². The number of nitrogens with one attached hydrogen (secondary N) is 1. The number of rotatable bonds is 4. The molecule has 0 radical (unpaired) electrons. The number of pyridine rings is 1. The number of nitrogens with zero attached hydrogens (tertiary/aromatic N) is 2.